The Balaban J connectivity index is 1.91. The van der Waals surface area contributed by atoms with Crippen molar-refractivity contribution in [1.82, 2.24) is 15.2 Å². The third-order valence-corrected chi connectivity index (χ3v) is 3.64. The third kappa shape index (κ3) is 4.99. The van der Waals surface area contributed by atoms with Crippen LogP contribution in [0.2, 0.25) is 0 Å². The van der Waals surface area contributed by atoms with Crippen LogP contribution in [0.3, 0.4) is 0 Å². The standard InChI is InChI=1S/C17H23N5O/c1-14(2)12-20-17(23)15(11-18)13-21-7-9-22(10-8-21)16-5-3-4-6-19-16/h3-6,13-14H,7-10,12H2,1-2H3,(H,20,23)/b15-13-. The fraction of sp³-hybridized carbons (Fsp3) is 0.471. The Morgan fingerprint density at radius 2 is 2.13 bits per heavy atom. The number of anilines is 1. The summed E-state index contributed by atoms with van der Waals surface area (Å²) < 4.78 is 0. The van der Waals surface area contributed by atoms with Crippen LogP contribution in [0.25, 0.3) is 0 Å². The van der Waals surface area contributed by atoms with Crippen molar-refractivity contribution in [1.29, 1.82) is 5.26 Å². The van der Waals surface area contributed by atoms with Crippen LogP contribution < -0.4 is 10.2 Å². The van der Waals surface area contributed by atoms with E-state index >= 15 is 0 Å². The van der Waals surface area contributed by atoms with Gasteiger partial charge in [-0.25, -0.2) is 4.98 Å². The van der Waals surface area contributed by atoms with E-state index in [9.17, 15) is 10.1 Å². The molecule has 23 heavy (non-hydrogen) atoms. The highest BCUT2D eigenvalue weighted by atomic mass is 16.1. The zero-order valence-electron chi connectivity index (χ0n) is 13.7. The molecule has 1 N–H and O–H groups in total. The van der Waals surface area contributed by atoms with Crippen LogP contribution >= 0.6 is 0 Å². The minimum Gasteiger partial charge on any atom is -0.373 e. The average Bonchev–Trinajstić information content (AvgIpc) is 2.59. The summed E-state index contributed by atoms with van der Waals surface area (Å²) in [6.45, 7) is 7.78. The number of pyridine rings is 1. The second-order valence-corrected chi connectivity index (χ2v) is 5.97. The van der Waals surface area contributed by atoms with Crippen LogP contribution in [0.4, 0.5) is 5.82 Å². The van der Waals surface area contributed by atoms with Gasteiger partial charge in [-0.2, -0.15) is 5.26 Å². The summed E-state index contributed by atoms with van der Waals surface area (Å²) in [7, 11) is 0. The van der Waals surface area contributed by atoms with Crippen LogP contribution in [0, 0.1) is 17.2 Å². The number of nitrogens with one attached hydrogen (secondary N) is 1. The molecule has 1 fully saturated rings. The molecule has 1 amide bonds. The molecule has 1 saturated heterocycles. The molecule has 0 bridgehead atoms. The first-order chi connectivity index (χ1) is 11.1. The molecule has 0 saturated carbocycles. The largest absolute Gasteiger partial charge is 0.373 e. The Bertz CT molecular complexity index is 583. The molecule has 0 unspecified atom stereocenters. The van der Waals surface area contributed by atoms with Crippen LogP contribution in [0.5, 0.6) is 0 Å². The van der Waals surface area contributed by atoms with Gasteiger partial charge in [0.2, 0.25) is 0 Å². The van der Waals surface area contributed by atoms with Gasteiger partial charge in [0, 0.05) is 45.1 Å². The van der Waals surface area contributed by atoms with E-state index in [-0.39, 0.29) is 11.5 Å². The normalized spacial score (nSPS) is 15.5. The summed E-state index contributed by atoms with van der Waals surface area (Å²) in [5.41, 5.74) is 0.164. The third-order valence-electron chi connectivity index (χ3n) is 3.64. The first kappa shape index (κ1) is 16.8. The summed E-state index contributed by atoms with van der Waals surface area (Å²) in [6.07, 6.45) is 3.46. The molecule has 0 radical (unpaired) electrons. The van der Waals surface area contributed by atoms with E-state index in [1.165, 1.54) is 0 Å². The van der Waals surface area contributed by atoms with Gasteiger partial charge >= 0.3 is 0 Å². The number of piperazine rings is 1. The summed E-state index contributed by atoms with van der Waals surface area (Å²) in [6, 6.07) is 7.86. The Morgan fingerprint density at radius 1 is 1.39 bits per heavy atom. The maximum Gasteiger partial charge on any atom is 0.263 e. The Morgan fingerprint density at radius 3 is 2.70 bits per heavy atom. The van der Waals surface area contributed by atoms with Gasteiger partial charge in [0.15, 0.2) is 0 Å². The minimum absolute atomic E-state index is 0.164. The predicted molar refractivity (Wildman–Crippen MR) is 89.6 cm³/mol. The molecule has 2 rings (SSSR count). The van der Waals surface area contributed by atoms with E-state index in [1.807, 2.05) is 43.0 Å². The molecule has 0 atom stereocenters. The molecule has 1 aliphatic rings. The number of amides is 1. The second-order valence-electron chi connectivity index (χ2n) is 5.97. The van der Waals surface area contributed by atoms with E-state index in [0.717, 1.165) is 32.0 Å². The second kappa shape index (κ2) is 8.18. The van der Waals surface area contributed by atoms with Crippen LogP contribution in [0.1, 0.15) is 13.8 Å². The van der Waals surface area contributed by atoms with Crippen molar-refractivity contribution in [2.75, 3.05) is 37.6 Å². The van der Waals surface area contributed by atoms with Crippen molar-refractivity contribution >= 4 is 11.7 Å². The number of carbonyl (C=O) groups excluding carboxylic acids is 1. The first-order valence-electron chi connectivity index (χ1n) is 7.90. The van der Waals surface area contributed by atoms with E-state index in [4.69, 9.17) is 0 Å². The lowest BCUT2D eigenvalue weighted by Crippen LogP contribution is -2.44. The summed E-state index contributed by atoms with van der Waals surface area (Å²) in [4.78, 5) is 20.6. The van der Waals surface area contributed by atoms with Crippen molar-refractivity contribution in [3.63, 3.8) is 0 Å². The number of rotatable bonds is 5. The highest BCUT2D eigenvalue weighted by Crippen LogP contribution is 2.13. The molecule has 2 heterocycles. The Labute approximate surface area is 137 Å². The number of nitrogens with zero attached hydrogens (tertiary/aromatic N) is 4. The van der Waals surface area contributed by atoms with E-state index < -0.39 is 0 Å². The van der Waals surface area contributed by atoms with Gasteiger partial charge < -0.3 is 15.1 Å². The van der Waals surface area contributed by atoms with Crippen molar-refractivity contribution in [3.05, 3.63) is 36.2 Å². The summed E-state index contributed by atoms with van der Waals surface area (Å²) in [5, 5.41) is 12.0. The van der Waals surface area contributed by atoms with Crippen LogP contribution in [-0.2, 0) is 4.79 Å². The highest BCUT2D eigenvalue weighted by molar-refractivity contribution is 5.97. The predicted octanol–water partition coefficient (Wildman–Crippen LogP) is 1.38. The number of hydrogen-bond acceptors (Lipinski definition) is 5. The minimum atomic E-state index is -0.298. The first-order valence-corrected chi connectivity index (χ1v) is 7.90. The van der Waals surface area contributed by atoms with Gasteiger partial charge in [-0.3, -0.25) is 4.79 Å². The monoisotopic (exact) mass is 313 g/mol. The van der Waals surface area contributed by atoms with E-state index in [2.05, 4.69) is 15.2 Å². The number of hydrogen-bond donors (Lipinski definition) is 1. The van der Waals surface area contributed by atoms with Crippen molar-refractivity contribution < 1.29 is 4.79 Å². The molecule has 122 valence electrons. The lowest BCUT2D eigenvalue weighted by molar-refractivity contribution is -0.117. The number of aromatic nitrogens is 1. The Hall–Kier alpha value is -2.55. The molecular formula is C17H23N5O. The van der Waals surface area contributed by atoms with Gasteiger partial charge in [-0.05, 0) is 18.1 Å². The van der Waals surface area contributed by atoms with Crippen molar-refractivity contribution in [3.8, 4) is 6.07 Å². The molecule has 0 aliphatic carbocycles. The fourth-order valence-corrected chi connectivity index (χ4v) is 2.33. The lowest BCUT2D eigenvalue weighted by Gasteiger charge is -2.34. The smallest absolute Gasteiger partial charge is 0.263 e. The Kier molecular flexibility index (Phi) is 5.98. The van der Waals surface area contributed by atoms with E-state index in [1.54, 1.807) is 12.4 Å². The molecule has 1 aromatic heterocycles. The highest BCUT2D eigenvalue weighted by Gasteiger charge is 2.18. The van der Waals surface area contributed by atoms with Gasteiger partial charge in [0.1, 0.15) is 17.5 Å². The molecule has 1 aromatic rings. The zero-order valence-corrected chi connectivity index (χ0v) is 13.7. The van der Waals surface area contributed by atoms with E-state index in [0.29, 0.717) is 12.5 Å². The van der Waals surface area contributed by atoms with Crippen LogP contribution in [0.15, 0.2) is 36.2 Å². The van der Waals surface area contributed by atoms with Gasteiger partial charge in [0.05, 0.1) is 0 Å². The van der Waals surface area contributed by atoms with Crippen LogP contribution in [-0.4, -0.2) is 48.5 Å². The maximum atomic E-state index is 12.0. The molecule has 6 heteroatoms. The molecule has 1 aliphatic heterocycles. The van der Waals surface area contributed by atoms with Gasteiger partial charge in [-0.1, -0.05) is 19.9 Å². The zero-order chi connectivity index (χ0) is 16.7. The number of nitriles is 1. The van der Waals surface area contributed by atoms with Gasteiger partial charge in [0.25, 0.3) is 5.91 Å². The molecule has 0 aromatic carbocycles. The van der Waals surface area contributed by atoms with Crippen molar-refractivity contribution in [2.24, 2.45) is 5.92 Å². The molecular weight excluding hydrogens is 290 g/mol. The summed E-state index contributed by atoms with van der Waals surface area (Å²) >= 11 is 0. The quantitative estimate of drug-likeness (QED) is 0.657. The van der Waals surface area contributed by atoms with Crippen molar-refractivity contribution in [2.45, 2.75) is 13.8 Å². The molecule has 6 nitrogen and oxygen atoms in total. The molecule has 0 spiro atoms. The topological polar surface area (TPSA) is 72.3 Å². The van der Waals surface area contributed by atoms with Gasteiger partial charge in [-0.15, -0.1) is 0 Å². The fourth-order valence-electron chi connectivity index (χ4n) is 2.33. The SMILES string of the molecule is CC(C)CNC(=O)/C(C#N)=C\N1CCN(c2ccccn2)CC1. The maximum absolute atomic E-state index is 12.0. The average molecular weight is 313 g/mol. The number of carbonyl (C=O) groups is 1. The summed E-state index contributed by atoms with van der Waals surface area (Å²) in [5.74, 6) is 1.03. The lowest BCUT2D eigenvalue weighted by atomic mass is 10.2.